The number of hydrogen-bond donors (Lipinski definition) is 0. The molecular weight excluding hydrogens is 150 g/mol. The van der Waals surface area contributed by atoms with Gasteiger partial charge in [0.05, 0.1) is 0 Å². The molecule has 0 aliphatic rings. The molecule has 2 nitrogen and oxygen atoms in total. The molecule has 1 aromatic carbocycles. The van der Waals surface area contributed by atoms with E-state index in [0.717, 1.165) is 11.1 Å². The summed E-state index contributed by atoms with van der Waals surface area (Å²) in [7, 11) is 0. The molecule has 0 aliphatic carbocycles. The van der Waals surface area contributed by atoms with E-state index in [-0.39, 0.29) is 12.3 Å². The Labute approximate surface area is 71.9 Å². The lowest BCUT2D eigenvalue weighted by Gasteiger charge is -2.00. The SMILES string of the molecule is C=NCC(=O)c1ccccc1C. The Hall–Kier alpha value is -1.44. The minimum atomic E-state index is 0.0306. The van der Waals surface area contributed by atoms with Gasteiger partial charge in [0.1, 0.15) is 6.54 Å². The molecule has 1 aromatic rings. The van der Waals surface area contributed by atoms with Gasteiger partial charge in [0, 0.05) is 5.56 Å². The van der Waals surface area contributed by atoms with Gasteiger partial charge >= 0.3 is 0 Å². The van der Waals surface area contributed by atoms with Gasteiger partial charge in [0.15, 0.2) is 5.78 Å². The highest BCUT2D eigenvalue weighted by molar-refractivity contribution is 5.99. The average Bonchev–Trinajstić information content (AvgIpc) is 2.05. The topological polar surface area (TPSA) is 29.4 Å². The Bertz CT molecular complexity index is 304. The summed E-state index contributed by atoms with van der Waals surface area (Å²) >= 11 is 0. The van der Waals surface area contributed by atoms with Crippen LogP contribution in [0.25, 0.3) is 0 Å². The number of ketones is 1. The van der Waals surface area contributed by atoms with E-state index in [0.29, 0.717) is 0 Å². The summed E-state index contributed by atoms with van der Waals surface area (Å²) in [6.45, 7) is 5.37. The van der Waals surface area contributed by atoms with Crippen molar-refractivity contribution in [2.45, 2.75) is 6.92 Å². The highest BCUT2D eigenvalue weighted by atomic mass is 16.1. The molecule has 0 N–H and O–H groups in total. The molecule has 0 unspecified atom stereocenters. The van der Waals surface area contributed by atoms with Crippen molar-refractivity contribution in [3.63, 3.8) is 0 Å². The maximum absolute atomic E-state index is 11.3. The van der Waals surface area contributed by atoms with Gasteiger partial charge in [-0.2, -0.15) is 0 Å². The zero-order valence-electron chi connectivity index (χ0n) is 7.08. The molecule has 0 aromatic heterocycles. The molecule has 0 saturated heterocycles. The van der Waals surface area contributed by atoms with Crippen molar-refractivity contribution in [2.24, 2.45) is 4.99 Å². The molecule has 0 amide bonds. The Morgan fingerprint density at radius 2 is 2.17 bits per heavy atom. The van der Waals surface area contributed by atoms with Crippen LogP contribution in [0.15, 0.2) is 29.3 Å². The number of Topliss-reactive ketones (excluding diaryl/α,β-unsaturated/α-hetero) is 1. The van der Waals surface area contributed by atoms with Crippen LogP contribution in [-0.2, 0) is 0 Å². The third-order valence-electron chi connectivity index (χ3n) is 1.70. The Kier molecular flexibility index (Phi) is 2.75. The number of hydrogen-bond acceptors (Lipinski definition) is 2. The highest BCUT2D eigenvalue weighted by Crippen LogP contribution is 2.07. The van der Waals surface area contributed by atoms with Crippen LogP contribution >= 0.6 is 0 Å². The number of carbonyl (C=O) groups excluding carboxylic acids is 1. The Morgan fingerprint density at radius 1 is 1.50 bits per heavy atom. The van der Waals surface area contributed by atoms with E-state index in [1.54, 1.807) is 0 Å². The van der Waals surface area contributed by atoms with Crippen molar-refractivity contribution < 1.29 is 4.79 Å². The largest absolute Gasteiger partial charge is 0.293 e. The summed E-state index contributed by atoms with van der Waals surface area (Å²) < 4.78 is 0. The van der Waals surface area contributed by atoms with E-state index >= 15 is 0 Å². The zero-order chi connectivity index (χ0) is 8.97. The normalized spacial score (nSPS) is 9.42. The standard InChI is InChI=1S/C10H11NO/c1-8-5-3-4-6-9(8)10(12)7-11-2/h3-6H,2,7H2,1H3. The molecule has 0 saturated carbocycles. The van der Waals surface area contributed by atoms with Crippen LogP contribution in [0.2, 0.25) is 0 Å². The molecule has 0 spiro atoms. The van der Waals surface area contributed by atoms with E-state index in [2.05, 4.69) is 11.7 Å². The fourth-order valence-electron chi connectivity index (χ4n) is 1.07. The molecule has 0 radical (unpaired) electrons. The maximum atomic E-state index is 11.3. The van der Waals surface area contributed by atoms with Crippen molar-refractivity contribution in [3.8, 4) is 0 Å². The predicted octanol–water partition coefficient (Wildman–Crippen LogP) is 1.88. The van der Waals surface area contributed by atoms with Crippen LogP contribution in [0.5, 0.6) is 0 Å². The number of rotatable bonds is 3. The van der Waals surface area contributed by atoms with Gasteiger partial charge in [0.2, 0.25) is 0 Å². The molecule has 0 atom stereocenters. The molecule has 0 bridgehead atoms. The molecule has 0 heterocycles. The Morgan fingerprint density at radius 3 is 2.75 bits per heavy atom. The van der Waals surface area contributed by atoms with Crippen molar-refractivity contribution in [2.75, 3.05) is 6.54 Å². The number of carbonyl (C=O) groups is 1. The fourth-order valence-corrected chi connectivity index (χ4v) is 1.07. The predicted molar refractivity (Wildman–Crippen MR) is 49.9 cm³/mol. The second-order valence-corrected chi connectivity index (χ2v) is 2.62. The summed E-state index contributed by atoms with van der Waals surface area (Å²) in [5.41, 5.74) is 1.73. The first kappa shape index (κ1) is 8.65. The summed E-state index contributed by atoms with van der Waals surface area (Å²) in [4.78, 5) is 14.9. The van der Waals surface area contributed by atoms with Crippen molar-refractivity contribution in [3.05, 3.63) is 35.4 Å². The monoisotopic (exact) mass is 161 g/mol. The van der Waals surface area contributed by atoms with Crippen LogP contribution in [0.4, 0.5) is 0 Å². The van der Waals surface area contributed by atoms with Gasteiger partial charge in [-0.1, -0.05) is 24.3 Å². The molecule has 12 heavy (non-hydrogen) atoms. The van der Waals surface area contributed by atoms with E-state index < -0.39 is 0 Å². The first-order valence-electron chi connectivity index (χ1n) is 3.77. The van der Waals surface area contributed by atoms with Crippen molar-refractivity contribution >= 4 is 12.5 Å². The van der Waals surface area contributed by atoms with Gasteiger partial charge < -0.3 is 0 Å². The number of aryl methyl sites for hydroxylation is 1. The maximum Gasteiger partial charge on any atom is 0.184 e. The van der Waals surface area contributed by atoms with Gasteiger partial charge in [-0.05, 0) is 19.2 Å². The zero-order valence-corrected chi connectivity index (χ0v) is 7.08. The minimum absolute atomic E-state index is 0.0306. The van der Waals surface area contributed by atoms with Crippen LogP contribution in [-0.4, -0.2) is 19.0 Å². The molecule has 2 heteroatoms. The van der Waals surface area contributed by atoms with E-state index in [4.69, 9.17) is 0 Å². The lowest BCUT2D eigenvalue weighted by atomic mass is 10.1. The quantitative estimate of drug-likeness (QED) is 0.491. The second kappa shape index (κ2) is 3.81. The molecule has 1 rings (SSSR count). The third-order valence-corrected chi connectivity index (χ3v) is 1.70. The van der Waals surface area contributed by atoms with Crippen LogP contribution < -0.4 is 0 Å². The summed E-state index contributed by atoms with van der Waals surface area (Å²) in [6, 6.07) is 7.48. The number of aliphatic imine (C=N–C) groups is 1. The molecular formula is C10H11NO. The third kappa shape index (κ3) is 1.78. The lowest BCUT2D eigenvalue weighted by Crippen LogP contribution is -2.04. The second-order valence-electron chi connectivity index (χ2n) is 2.62. The highest BCUT2D eigenvalue weighted by Gasteiger charge is 2.05. The van der Waals surface area contributed by atoms with Crippen LogP contribution in [0.1, 0.15) is 15.9 Å². The van der Waals surface area contributed by atoms with E-state index in [1.807, 2.05) is 31.2 Å². The molecule has 0 aliphatic heterocycles. The first-order chi connectivity index (χ1) is 5.75. The number of nitrogens with zero attached hydrogens (tertiary/aromatic N) is 1. The molecule has 62 valence electrons. The summed E-state index contributed by atoms with van der Waals surface area (Å²) in [5, 5.41) is 0. The van der Waals surface area contributed by atoms with E-state index in [1.165, 1.54) is 0 Å². The minimum Gasteiger partial charge on any atom is -0.293 e. The number of benzene rings is 1. The molecule has 0 fully saturated rings. The van der Waals surface area contributed by atoms with Crippen LogP contribution in [0, 0.1) is 6.92 Å². The Balaban J connectivity index is 2.94. The van der Waals surface area contributed by atoms with Crippen molar-refractivity contribution in [1.82, 2.24) is 0 Å². The summed E-state index contributed by atoms with van der Waals surface area (Å²) in [5.74, 6) is 0.0306. The lowest BCUT2D eigenvalue weighted by molar-refractivity contribution is 0.100. The van der Waals surface area contributed by atoms with Gasteiger partial charge in [-0.25, -0.2) is 0 Å². The van der Waals surface area contributed by atoms with Gasteiger partial charge in [-0.3, -0.25) is 9.79 Å². The van der Waals surface area contributed by atoms with Crippen LogP contribution in [0.3, 0.4) is 0 Å². The van der Waals surface area contributed by atoms with E-state index in [9.17, 15) is 4.79 Å². The van der Waals surface area contributed by atoms with Gasteiger partial charge in [0.25, 0.3) is 0 Å². The smallest absolute Gasteiger partial charge is 0.184 e. The van der Waals surface area contributed by atoms with Gasteiger partial charge in [-0.15, -0.1) is 0 Å². The van der Waals surface area contributed by atoms with Crippen molar-refractivity contribution in [1.29, 1.82) is 0 Å². The fraction of sp³-hybridized carbons (Fsp3) is 0.200. The summed E-state index contributed by atoms with van der Waals surface area (Å²) in [6.07, 6.45) is 0. The average molecular weight is 161 g/mol. The first-order valence-corrected chi connectivity index (χ1v) is 3.77.